The topological polar surface area (TPSA) is 48.0 Å². The van der Waals surface area contributed by atoms with Crippen LogP contribution >= 0.6 is 11.6 Å². The molecule has 1 aliphatic carbocycles. The molecule has 0 bridgehead atoms. The quantitative estimate of drug-likeness (QED) is 0.610. The van der Waals surface area contributed by atoms with Gasteiger partial charge in [0.05, 0.1) is 5.56 Å². The van der Waals surface area contributed by atoms with Crippen molar-refractivity contribution in [1.29, 1.82) is 0 Å². The number of amides is 1. The van der Waals surface area contributed by atoms with Gasteiger partial charge < -0.3 is 10.3 Å². The number of nitrogens with two attached hydrogens (primary N) is 1. The molecule has 1 amide bonds. The second kappa shape index (κ2) is 8.97. The van der Waals surface area contributed by atoms with Crippen molar-refractivity contribution in [3.63, 3.8) is 0 Å². The molecule has 0 unspecified atom stereocenters. The number of primary amides is 1. The average molecular weight is 387 g/mol. The number of aromatic nitrogens is 1. The number of hydrogen-bond acceptors (Lipinski definition) is 1. The molecular weight excluding hydrogens is 356 g/mol. The van der Waals surface area contributed by atoms with Crippen LogP contribution < -0.4 is 5.73 Å². The molecule has 1 aromatic heterocycles. The van der Waals surface area contributed by atoms with E-state index in [1.54, 1.807) is 0 Å². The summed E-state index contributed by atoms with van der Waals surface area (Å²) in [6.45, 7) is 5.22. The highest BCUT2D eigenvalue weighted by molar-refractivity contribution is 6.33. The van der Waals surface area contributed by atoms with Gasteiger partial charge in [-0.3, -0.25) is 4.79 Å². The van der Waals surface area contributed by atoms with Crippen molar-refractivity contribution < 1.29 is 4.79 Å². The molecule has 0 aliphatic heterocycles. The van der Waals surface area contributed by atoms with Gasteiger partial charge in [0.25, 0.3) is 5.91 Å². The molecule has 4 heteroatoms. The molecule has 1 saturated carbocycles. The van der Waals surface area contributed by atoms with Crippen LogP contribution in [0.3, 0.4) is 0 Å². The maximum atomic E-state index is 12.4. The van der Waals surface area contributed by atoms with Gasteiger partial charge in [-0.05, 0) is 44.6 Å². The first kappa shape index (κ1) is 20.0. The van der Waals surface area contributed by atoms with E-state index in [2.05, 4.69) is 11.5 Å². The molecule has 0 saturated heterocycles. The Balaban J connectivity index is 2.15. The third kappa shape index (κ3) is 4.24. The molecule has 1 aliphatic rings. The fourth-order valence-electron chi connectivity index (χ4n) is 4.53. The number of carbonyl (C=O) groups is 1. The van der Waals surface area contributed by atoms with Crippen molar-refractivity contribution in [1.82, 2.24) is 4.57 Å². The minimum absolute atomic E-state index is 0.359. The molecule has 2 N–H and O–H groups in total. The van der Waals surface area contributed by atoms with Crippen molar-refractivity contribution in [2.24, 2.45) is 11.7 Å². The number of carbonyl (C=O) groups excluding carboxylic acids is 1. The first-order valence-electron chi connectivity index (χ1n) is 10.3. The van der Waals surface area contributed by atoms with Crippen molar-refractivity contribution in [2.45, 2.75) is 71.8 Å². The van der Waals surface area contributed by atoms with E-state index in [-0.39, 0.29) is 5.91 Å². The molecule has 0 spiro atoms. The van der Waals surface area contributed by atoms with E-state index >= 15 is 0 Å². The van der Waals surface area contributed by atoms with E-state index in [0.717, 1.165) is 42.6 Å². The predicted molar refractivity (Wildman–Crippen MR) is 113 cm³/mol. The zero-order chi connectivity index (χ0) is 19.4. The summed E-state index contributed by atoms with van der Waals surface area (Å²) in [6.07, 6.45) is 9.67. The lowest BCUT2D eigenvalue weighted by atomic mass is 9.89. The second-order valence-corrected chi connectivity index (χ2v) is 8.25. The first-order chi connectivity index (χ1) is 13.0. The molecule has 0 radical (unpaired) electrons. The molecule has 146 valence electrons. The van der Waals surface area contributed by atoms with Gasteiger partial charge in [0, 0.05) is 34.1 Å². The van der Waals surface area contributed by atoms with E-state index in [9.17, 15) is 4.79 Å². The maximum absolute atomic E-state index is 12.4. The maximum Gasteiger partial charge on any atom is 0.251 e. The van der Waals surface area contributed by atoms with Crippen LogP contribution in [0.15, 0.2) is 24.3 Å². The molecule has 3 rings (SSSR count). The summed E-state index contributed by atoms with van der Waals surface area (Å²) >= 11 is 6.53. The summed E-state index contributed by atoms with van der Waals surface area (Å²) in [5.41, 5.74) is 10.6. The second-order valence-electron chi connectivity index (χ2n) is 7.84. The van der Waals surface area contributed by atoms with E-state index in [0.29, 0.717) is 16.5 Å². The van der Waals surface area contributed by atoms with Crippen molar-refractivity contribution in [3.8, 4) is 11.1 Å². The van der Waals surface area contributed by atoms with Crippen molar-refractivity contribution in [2.75, 3.05) is 0 Å². The number of benzene rings is 1. The lowest BCUT2D eigenvalue weighted by Crippen LogP contribution is -2.18. The third-order valence-corrected chi connectivity index (χ3v) is 6.28. The summed E-state index contributed by atoms with van der Waals surface area (Å²) in [6, 6.07) is 7.79. The summed E-state index contributed by atoms with van der Waals surface area (Å²) in [5.74, 6) is 0.326. The minimum atomic E-state index is -0.359. The van der Waals surface area contributed by atoms with Gasteiger partial charge in [0.2, 0.25) is 0 Å². The van der Waals surface area contributed by atoms with Crippen molar-refractivity contribution in [3.05, 3.63) is 46.2 Å². The Bertz CT molecular complexity index is 803. The van der Waals surface area contributed by atoms with Gasteiger partial charge in [0.1, 0.15) is 0 Å². The smallest absolute Gasteiger partial charge is 0.251 e. The van der Waals surface area contributed by atoms with Gasteiger partial charge in [0.15, 0.2) is 0 Å². The van der Waals surface area contributed by atoms with E-state index < -0.39 is 0 Å². The Morgan fingerprint density at radius 3 is 2.56 bits per heavy atom. The molecule has 27 heavy (non-hydrogen) atoms. The number of halogens is 1. The lowest BCUT2D eigenvalue weighted by molar-refractivity contribution is 0.1000. The van der Waals surface area contributed by atoms with Crippen LogP contribution in [0.4, 0.5) is 0 Å². The third-order valence-electron chi connectivity index (χ3n) is 5.95. The Morgan fingerprint density at radius 2 is 1.93 bits per heavy atom. The monoisotopic (exact) mass is 386 g/mol. The number of rotatable bonds is 7. The molecule has 2 aromatic rings. The Morgan fingerprint density at radius 1 is 1.22 bits per heavy atom. The Kier molecular flexibility index (Phi) is 6.64. The fourth-order valence-corrected chi connectivity index (χ4v) is 4.76. The van der Waals surface area contributed by atoms with Crippen LogP contribution in [-0.4, -0.2) is 10.5 Å². The average Bonchev–Trinajstić information content (AvgIpc) is 2.93. The normalized spacial score (nSPS) is 15.2. The van der Waals surface area contributed by atoms with Gasteiger partial charge in [-0.25, -0.2) is 0 Å². The van der Waals surface area contributed by atoms with Crippen LogP contribution in [0.1, 0.15) is 73.6 Å². The SMILES string of the molecule is CCCCc1c(-c2ccccc2Cl)c(C(N)=O)c(C)n1CC1CCCCC1. The molecule has 1 fully saturated rings. The summed E-state index contributed by atoms with van der Waals surface area (Å²) in [7, 11) is 0. The molecular formula is C23H31ClN2O. The highest BCUT2D eigenvalue weighted by Gasteiger charge is 2.27. The zero-order valence-electron chi connectivity index (χ0n) is 16.6. The summed E-state index contributed by atoms with van der Waals surface area (Å²) < 4.78 is 2.38. The fraction of sp³-hybridized carbons (Fsp3) is 0.522. The minimum Gasteiger partial charge on any atom is -0.366 e. The van der Waals surface area contributed by atoms with Crippen LogP contribution in [0.2, 0.25) is 5.02 Å². The van der Waals surface area contributed by atoms with Crippen LogP contribution in [-0.2, 0) is 13.0 Å². The first-order valence-corrected chi connectivity index (χ1v) is 10.7. The Hall–Kier alpha value is -1.74. The van der Waals surface area contributed by atoms with Gasteiger partial charge in [-0.2, -0.15) is 0 Å². The van der Waals surface area contributed by atoms with E-state index in [1.807, 2.05) is 31.2 Å². The van der Waals surface area contributed by atoms with Crippen LogP contribution in [0, 0.1) is 12.8 Å². The number of nitrogens with zero attached hydrogens (tertiary/aromatic N) is 1. The molecule has 1 heterocycles. The highest BCUT2D eigenvalue weighted by atomic mass is 35.5. The van der Waals surface area contributed by atoms with E-state index in [1.165, 1.54) is 37.8 Å². The molecule has 3 nitrogen and oxygen atoms in total. The number of unbranched alkanes of at least 4 members (excludes halogenated alkanes) is 1. The zero-order valence-corrected chi connectivity index (χ0v) is 17.3. The summed E-state index contributed by atoms with van der Waals surface area (Å²) in [4.78, 5) is 12.4. The van der Waals surface area contributed by atoms with Gasteiger partial charge in [-0.1, -0.05) is 62.4 Å². The molecule has 0 atom stereocenters. The number of hydrogen-bond donors (Lipinski definition) is 1. The van der Waals surface area contributed by atoms with Crippen LogP contribution in [0.25, 0.3) is 11.1 Å². The van der Waals surface area contributed by atoms with Gasteiger partial charge >= 0.3 is 0 Å². The van der Waals surface area contributed by atoms with Gasteiger partial charge in [-0.15, -0.1) is 0 Å². The van der Waals surface area contributed by atoms with Crippen LogP contribution in [0.5, 0.6) is 0 Å². The lowest BCUT2D eigenvalue weighted by Gasteiger charge is -2.24. The predicted octanol–water partition coefficient (Wildman–Crippen LogP) is 6.14. The summed E-state index contributed by atoms with van der Waals surface area (Å²) in [5, 5.41) is 0.674. The molecule has 1 aromatic carbocycles. The standard InChI is InChI=1S/C23H31ClN2O/c1-3-4-14-20-22(18-12-8-9-13-19(18)24)21(23(25)27)16(2)26(20)15-17-10-6-5-7-11-17/h8-9,12-13,17H,3-7,10-11,14-15H2,1-2H3,(H2,25,27). The Labute approximate surface area is 167 Å². The van der Waals surface area contributed by atoms with E-state index in [4.69, 9.17) is 17.3 Å². The largest absolute Gasteiger partial charge is 0.366 e. The van der Waals surface area contributed by atoms with Crippen molar-refractivity contribution >= 4 is 17.5 Å². The highest BCUT2D eigenvalue weighted by Crippen LogP contribution is 2.38.